The number of para-hydroxylation sites is 1. The molecule has 0 fully saturated rings. The molecule has 3 aromatic rings. The summed E-state index contributed by atoms with van der Waals surface area (Å²) in [6.07, 6.45) is -0.131. The van der Waals surface area contributed by atoms with Gasteiger partial charge in [-0.1, -0.05) is 30.3 Å². The number of nitrogens with zero attached hydrogens (tertiary/aromatic N) is 1. The predicted molar refractivity (Wildman–Crippen MR) is 125 cm³/mol. The Morgan fingerprint density at radius 1 is 1.12 bits per heavy atom. The number of nitrogens with two attached hydrogens (primary N) is 1. The molecule has 0 aromatic heterocycles. The van der Waals surface area contributed by atoms with Gasteiger partial charge in [0.2, 0.25) is 0 Å². The average molecular weight is 445 g/mol. The van der Waals surface area contributed by atoms with Crippen LogP contribution in [0.15, 0.2) is 46.0 Å². The molecule has 0 spiro atoms. The maximum absolute atomic E-state index is 12.7. The van der Waals surface area contributed by atoms with E-state index >= 15 is 0 Å². The molecule has 33 heavy (non-hydrogen) atoms. The first-order chi connectivity index (χ1) is 15.8. The molecule has 1 unspecified atom stereocenters. The number of rotatable bonds is 4. The van der Waals surface area contributed by atoms with E-state index in [1.54, 1.807) is 12.1 Å². The molecule has 0 bridgehead atoms. The van der Waals surface area contributed by atoms with Crippen LogP contribution in [-0.4, -0.2) is 24.5 Å². The van der Waals surface area contributed by atoms with Crippen LogP contribution in [0.1, 0.15) is 32.6 Å². The molecular formula is C24H23N5O4. The minimum absolute atomic E-state index is 0.0331. The van der Waals surface area contributed by atoms with Crippen molar-refractivity contribution >= 4 is 28.9 Å². The molecular weight excluding hydrogens is 422 g/mol. The number of fused-ring (bicyclic) bond motifs is 2. The van der Waals surface area contributed by atoms with Crippen molar-refractivity contribution in [3.63, 3.8) is 0 Å². The van der Waals surface area contributed by atoms with Crippen LogP contribution in [0.25, 0.3) is 0 Å². The molecule has 9 heteroatoms. The first kappa shape index (κ1) is 20.7. The lowest BCUT2D eigenvalue weighted by Gasteiger charge is -2.32. The summed E-state index contributed by atoms with van der Waals surface area (Å²) in [4.78, 5) is 50.3. The number of hydrogen-bond donors (Lipinski definition) is 4. The molecule has 2 aliphatic heterocycles. The molecule has 5 N–H and O–H groups in total. The summed E-state index contributed by atoms with van der Waals surface area (Å²) in [5.74, 6) is -0.632. The minimum Gasteiger partial charge on any atom is -0.394 e. The average Bonchev–Trinajstić information content (AvgIpc) is 2.82. The molecule has 1 atom stereocenters. The molecule has 3 aromatic carbocycles. The molecule has 168 valence electrons. The Morgan fingerprint density at radius 3 is 2.73 bits per heavy atom. The zero-order valence-corrected chi connectivity index (χ0v) is 18.0. The van der Waals surface area contributed by atoms with Gasteiger partial charge in [0, 0.05) is 19.6 Å². The van der Waals surface area contributed by atoms with Gasteiger partial charge < -0.3 is 26.6 Å². The van der Waals surface area contributed by atoms with Crippen molar-refractivity contribution in [2.24, 2.45) is 0 Å². The summed E-state index contributed by atoms with van der Waals surface area (Å²) < 4.78 is 0. The quantitative estimate of drug-likeness (QED) is 0.431. The number of nitrogens with one attached hydrogen (secondary N) is 3. The number of amides is 2. The Morgan fingerprint density at radius 2 is 1.94 bits per heavy atom. The zero-order chi connectivity index (χ0) is 23.3. The Labute approximate surface area is 189 Å². The van der Waals surface area contributed by atoms with Crippen molar-refractivity contribution < 1.29 is 9.59 Å². The van der Waals surface area contributed by atoms with Gasteiger partial charge >= 0.3 is 0 Å². The van der Waals surface area contributed by atoms with Crippen LogP contribution in [-0.2, 0) is 24.3 Å². The molecule has 9 nitrogen and oxygen atoms in total. The third kappa shape index (κ3) is 3.51. The minimum atomic E-state index is -0.865. The van der Waals surface area contributed by atoms with E-state index in [2.05, 4.69) is 16.0 Å². The number of hydrogen-bond acceptors (Lipinski definition) is 7. The Kier molecular flexibility index (Phi) is 4.88. The van der Waals surface area contributed by atoms with Crippen molar-refractivity contribution in [1.82, 2.24) is 10.6 Å². The van der Waals surface area contributed by atoms with Crippen LogP contribution in [0, 0.1) is 6.92 Å². The number of nitrogen functional groups attached to an aromatic ring is 1. The third-order valence-corrected chi connectivity index (χ3v) is 6.33. The van der Waals surface area contributed by atoms with Crippen molar-refractivity contribution in [3.8, 4) is 0 Å². The molecule has 2 heterocycles. The van der Waals surface area contributed by atoms with Gasteiger partial charge in [-0.15, -0.1) is 0 Å². The first-order valence-electron chi connectivity index (χ1n) is 10.7. The predicted octanol–water partition coefficient (Wildman–Crippen LogP) is 0.534. The smallest absolute Gasteiger partial charge is 0.263 e. The second kappa shape index (κ2) is 7.77. The molecule has 0 saturated carbocycles. The number of aryl methyl sites for hydroxylation is 1. The van der Waals surface area contributed by atoms with Gasteiger partial charge in [-0.25, -0.2) is 0 Å². The standard InChI is InChI=1S/C24H23N5O4/c1-12-3-2-4-16-18(12)27-22(28-23(16)32)24(33)26-10-13-5-6-14-7-8-29(11-15(14)9-13)19-17(25)20(30)21(19)31/h2-6,9,22,27H,7-8,10-11,25H2,1H3,(H,26,33)(H,28,32). The second-order valence-corrected chi connectivity index (χ2v) is 8.46. The van der Waals surface area contributed by atoms with E-state index in [1.165, 1.54) is 0 Å². The normalized spacial score (nSPS) is 17.1. The lowest BCUT2D eigenvalue weighted by molar-refractivity contribution is -0.122. The van der Waals surface area contributed by atoms with Gasteiger partial charge in [-0.05, 0) is 41.7 Å². The van der Waals surface area contributed by atoms with E-state index in [0.717, 1.165) is 28.7 Å². The summed E-state index contributed by atoms with van der Waals surface area (Å²) in [6.45, 7) is 3.25. The highest BCUT2D eigenvalue weighted by Crippen LogP contribution is 2.27. The molecule has 0 radical (unpaired) electrons. The Bertz CT molecular complexity index is 1370. The van der Waals surface area contributed by atoms with Gasteiger partial charge in [0.1, 0.15) is 11.4 Å². The van der Waals surface area contributed by atoms with Crippen molar-refractivity contribution in [2.45, 2.75) is 32.6 Å². The highest BCUT2D eigenvalue weighted by atomic mass is 16.2. The largest absolute Gasteiger partial charge is 0.394 e. The summed E-state index contributed by atoms with van der Waals surface area (Å²) in [5, 5.41) is 8.65. The second-order valence-electron chi connectivity index (χ2n) is 8.46. The fourth-order valence-corrected chi connectivity index (χ4v) is 4.48. The SMILES string of the molecule is Cc1cccc2c1NC(C(=O)NCc1ccc3c(c1)CN(c1c(N)c(=O)c1=O)CC3)NC2=O. The molecule has 0 saturated heterocycles. The maximum atomic E-state index is 12.7. The van der Waals surface area contributed by atoms with Gasteiger partial charge in [0.15, 0.2) is 6.17 Å². The topological polar surface area (TPSA) is 134 Å². The van der Waals surface area contributed by atoms with Crippen molar-refractivity contribution in [3.05, 3.63) is 84.7 Å². The summed E-state index contributed by atoms with van der Waals surface area (Å²) in [7, 11) is 0. The van der Waals surface area contributed by atoms with Gasteiger partial charge in [-0.2, -0.15) is 0 Å². The molecule has 2 aliphatic rings. The number of carbonyl (C=O) groups is 2. The summed E-state index contributed by atoms with van der Waals surface area (Å²) in [6, 6.07) is 11.3. The molecule has 0 aliphatic carbocycles. The van der Waals surface area contributed by atoms with E-state index in [4.69, 9.17) is 5.73 Å². The van der Waals surface area contributed by atoms with Crippen LogP contribution in [0.4, 0.5) is 17.1 Å². The Balaban J connectivity index is 1.26. The van der Waals surface area contributed by atoms with E-state index < -0.39 is 17.0 Å². The van der Waals surface area contributed by atoms with Crippen LogP contribution in [0.5, 0.6) is 0 Å². The van der Waals surface area contributed by atoms with Crippen LogP contribution >= 0.6 is 0 Å². The number of benzene rings is 2. The molecule has 2 amide bonds. The summed E-state index contributed by atoms with van der Waals surface area (Å²) >= 11 is 0. The van der Waals surface area contributed by atoms with Crippen molar-refractivity contribution in [1.29, 1.82) is 0 Å². The molecule has 5 rings (SSSR count). The fraction of sp³-hybridized carbons (Fsp3) is 0.250. The Hall–Kier alpha value is -4.14. The van der Waals surface area contributed by atoms with Gasteiger partial charge in [0.25, 0.3) is 22.7 Å². The first-order valence-corrected chi connectivity index (χ1v) is 10.7. The van der Waals surface area contributed by atoms with Gasteiger partial charge in [-0.3, -0.25) is 19.2 Å². The number of anilines is 3. The maximum Gasteiger partial charge on any atom is 0.263 e. The van der Waals surface area contributed by atoms with Gasteiger partial charge in [0.05, 0.1) is 11.3 Å². The highest BCUT2D eigenvalue weighted by Gasteiger charge is 2.29. The lowest BCUT2D eigenvalue weighted by Crippen LogP contribution is -2.54. The summed E-state index contributed by atoms with van der Waals surface area (Å²) in [5.41, 5.74) is 10.0. The van der Waals surface area contributed by atoms with E-state index in [0.29, 0.717) is 30.0 Å². The number of carbonyl (C=O) groups excluding carboxylic acids is 2. The monoisotopic (exact) mass is 445 g/mol. The zero-order valence-electron chi connectivity index (χ0n) is 18.0. The van der Waals surface area contributed by atoms with Crippen molar-refractivity contribution in [2.75, 3.05) is 22.5 Å². The van der Waals surface area contributed by atoms with E-state index in [-0.39, 0.29) is 24.0 Å². The van der Waals surface area contributed by atoms with E-state index in [1.807, 2.05) is 36.1 Å². The van der Waals surface area contributed by atoms with Crippen LogP contribution in [0.3, 0.4) is 0 Å². The highest BCUT2D eigenvalue weighted by molar-refractivity contribution is 6.05. The van der Waals surface area contributed by atoms with Crippen LogP contribution in [0.2, 0.25) is 0 Å². The third-order valence-electron chi connectivity index (χ3n) is 6.33. The fourth-order valence-electron chi connectivity index (χ4n) is 4.48. The van der Waals surface area contributed by atoms with Crippen LogP contribution < -0.4 is 37.4 Å². The lowest BCUT2D eigenvalue weighted by atomic mass is 9.96. The van der Waals surface area contributed by atoms with E-state index in [9.17, 15) is 19.2 Å².